The Morgan fingerprint density at radius 3 is 2.83 bits per heavy atom. The van der Waals surface area contributed by atoms with Gasteiger partial charge in [0.25, 0.3) is 5.91 Å². The molecule has 0 spiro atoms. The quantitative estimate of drug-likeness (QED) is 0.876. The van der Waals surface area contributed by atoms with Crippen molar-refractivity contribution in [2.24, 2.45) is 5.73 Å². The van der Waals surface area contributed by atoms with Crippen molar-refractivity contribution in [1.82, 2.24) is 14.7 Å². The van der Waals surface area contributed by atoms with Crippen LogP contribution in [0.25, 0.3) is 0 Å². The molecule has 1 aromatic rings. The average molecular weight is 250 g/mol. The van der Waals surface area contributed by atoms with Crippen LogP contribution in [0.4, 0.5) is 0 Å². The van der Waals surface area contributed by atoms with E-state index in [1.54, 1.807) is 0 Å². The number of hydrogen-bond acceptors (Lipinski definition) is 3. The first-order chi connectivity index (χ1) is 8.52. The third-order valence-electron chi connectivity index (χ3n) is 3.40. The Morgan fingerprint density at radius 2 is 2.33 bits per heavy atom. The number of hydrogen-bond donors (Lipinski definition) is 1. The van der Waals surface area contributed by atoms with E-state index in [1.165, 1.54) is 0 Å². The first-order valence-electron chi connectivity index (χ1n) is 6.65. The molecular formula is C13H22N4O. The third kappa shape index (κ3) is 2.41. The topological polar surface area (TPSA) is 64.2 Å². The second-order valence-corrected chi connectivity index (χ2v) is 5.24. The Hall–Kier alpha value is -1.36. The van der Waals surface area contributed by atoms with Gasteiger partial charge in [-0.05, 0) is 19.3 Å². The van der Waals surface area contributed by atoms with Crippen LogP contribution in [-0.4, -0.2) is 39.7 Å². The summed E-state index contributed by atoms with van der Waals surface area (Å²) in [4.78, 5) is 14.3. The van der Waals surface area contributed by atoms with Gasteiger partial charge in [-0.1, -0.05) is 13.8 Å². The summed E-state index contributed by atoms with van der Waals surface area (Å²) in [5.74, 6) is 0.333. The predicted octanol–water partition coefficient (Wildman–Crippen LogP) is 1.20. The van der Waals surface area contributed by atoms with E-state index in [2.05, 4.69) is 18.9 Å². The molecule has 1 fully saturated rings. The van der Waals surface area contributed by atoms with Gasteiger partial charge >= 0.3 is 0 Å². The number of nitrogens with two attached hydrogens (primary N) is 1. The van der Waals surface area contributed by atoms with Crippen LogP contribution >= 0.6 is 0 Å². The minimum atomic E-state index is 0.0753. The Bertz CT molecular complexity index is 438. The molecule has 1 atom stereocenters. The molecule has 100 valence electrons. The monoisotopic (exact) mass is 250 g/mol. The minimum Gasteiger partial charge on any atom is -0.337 e. The van der Waals surface area contributed by atoms with Gasteiger partial charge in [-0.3, -0.25) is 9.48 Å². The van der Waals surface area contributed by atoms with Gasteiger partial charge in [0.2, 0.25) is 0 Å². The summed E-state index contributed by atoms with van der Waals surface area (Å²) >= 11 is 0. The van der Waals surface area contributed by atoms with Crippen molar-refractivity contribution in [3.8, 4) is 0 Å². The highest BCUT2D eigenvalue weighted by Crippen LogP contribution is 2.21. The number of carbonyl (C=O) groups excluding carboxylic acids is 1. The molecule has 5 nitrogen and oxygen atoms in total. The molecule has 2 heterocycles. The van der Waals surface area contributed by atoms with Gasteiger partial charge in [0.15, 0.2) is 0 Å². The first kappa shape index (κ1) is 13.1. The molecule has 0 unspecified atom stereocenters. The van der Waals surface area contributed by atoms with Gasteiger partial charge in [0, 0.05) is 31.9 Å². The van der Waals surface area contributed by atoms with Crippen LogP contribution in [0, 0.1) is 0 Å². The average Bonchev–Trinajstić information content (AvgIpc) is 2.93. The zero-order valence-corrected chi connectivity index (χ0v) is 11.4. The van der Waals surface area contributed by atoms with Crippen molar-refractivity contribution in [2.45, 2.75) is 45.7 Å². The van der Waals surface area contributed by atoms with E-state index < -0.39 is 0 Å². The standard InChI is InChI=1S/C13H22N4O/c1-4-17-8-11(12(15-17)9(2)3)13(18)16-6-5-10(14)7-16/h8-10H,4-7,14H2,1-3H3/t10-/m1/s1. The van der Waals surface area contributed by atoms with Gasteiger partial charge in [-0.15, -0.1) is 0 Å². The SMILES string of the molecule is CCn1cc(C(=O)N2CC[C@@H](N)C2)c(C(C)C)n1. The van der Waals surface area contributed by atoms with E-state index in [0.29, 0.717) is 6.54 Å². The number of nitrogens with zero attached hydrogens (tertiary/aromatic N) is 3. The molecule has 0 aliphatic carbocycles. The van der Waals surface area contributed by atoms with Gasteiger partial charge in [0.1, 0.15) is 0 Å². The minimum absolute atomic E-state index is 0.0753. The van der Waals surface area contributed by atoms with Crippen LogP contribution in [0.5, 0.6) is 0 Å². The predicted molar refractivity (Wildman–Crippen MR) is 70.5 cm³/mol. The van der Waals surface area contributed by atoms with Gasteiger partial charge in [0.05, 0.1) is 11.3 Å². The fourth-order valence-electron chi connectivity index (χ4n) is 2.33. The fraction of sp³-hybridized carbons (Fsp3) is 0.692. The zero-order chi connectivity index (χ0) is 13.3. The highest BCUT2D eigenvalue weighted by atomic mass is 16.2. The number of likely N-dealkylation sites (tertiary alicyclic amines) is 1. The third-order valence-corrected chi connectivity index (χ3v) is 3.40. The van der Waals surface area contributed by atoms with Crippen molar-refractivity contribution in [1.29, 1.82) is 0 Å². The molecule has 0 bridgehead atoms. The van der Waals surface area contributed by atoms with Crippen LogP contribution in [0.1, 0.15) is 49.2 Å². The van der Waals surface area contributed by atoms with Gasteiger partial charge < -0.3 is 10.6 Å². The maximum atomic E-state index is 12.5. The largest absolute Gasteiger partial charge is 0.337 e. The van der Waals surface area contributed by atoms with Crippen LogP contribution in [0.15, 0.2) is 6.20 Å². The molecule has 0 aromatic carbocycles. The molecule has 1 amide bonds. The number of carbonyl (C=O) groups is 1. The van der Waals surface area contributed by atoms with Crippen molar-refractivity contribution in [2.75, 3.05) is 13.1 Å². The Morgan fingerprint density at radius 1 is 1.61 bits per heavy atom. The van der Waals surface area contributed by atoms with E-state index in [1.807, 2.05) is 22.7 Å². The summed E-state index contributed by atoms with van der Waals surface area (Å²) in [5.41, 5.74) is 7.48. The molecule has 0 radical (unpaired) electrons. The molecule has 1 aromatic heterocycles. The lowest BCUT2D eigenvalue weighted by Crippen LogP contribution is -2.32. The van der Waals surface area contributed by atoms with Crippen LogP contribution in [-0.2, 0) is 6.54 Å². The van der Waals surface area contributed by atoms with Crippen LogP contribution in [0.2, 0.25) is 0 Å². The molecule has 1 aliphatic heterocycles. The zero-order valence-electron chi connectivity index (χ0n) is 11.4. The molecule has 18 heavy (non-hydrogen) atoms. The number of aryl methyl sites for hydroxylation is 1. The summed E-state index contributed by atoms with van der Waals surface area (Å²) in [6.07, 6.45) is 2.76. The molecule has 0 saturated carbocycles. The second-order valence-electron chi connectivity index (χ2n) is 5.24. The van der Waals surface area contributed by atoms with E-state index in [0.717, 1.165) is 30.8 Å². The molecule has 2 rings (SSSR count). The second kappa shape index (κ2) is 5.10. The summed E-state index contributed by atoms with van der Waals surface area (Å²) < 4.78 is 1.83. The smallest absolute Gasteiger partial charge is 0.257 e. The van der Waals surface area contributed by atoms with Crippen molar-refractivity contribution in [3.63, 3.8) is 0 Å². The molecule has 2 N–H and O–H groups in total. The number of rotatable bonds is 3. The van der Waals surface area contributed by atoms with Crippen LogP contribution in [0.3, 0.4) is 0 Å². The summed E-state index contributed by atoms with van der Waals surface area (Å²) in [5, 5.41) is 4.48. The maximum Gasteiger partial charge on any atom is 0.257 e. The van der Waals surface area contributed by atoms with Crippen molar-refractivity contribution in [3.05, 3.63) is 17.5 Å². The van der Waals surface area contributed by atoms with Crippen molar-refractivity contribution < 1.29 is 4.79 Å². The van der Waals surface area contributed by atoms with Gasteiger partial charge in [-0.2, -0.15) is 5.10 Å². The van der Waals surface area contributed by atoms with Crippen LogP contribution < -0.4 is 5.73 Å². The van der Waals surface area contributed by atoms with Gasteiger partial charge in [-0.25, -0.2) is 0 Å². The molecular weight excluding hydrogens is 228 g/mol. The summed E-state index contributed by atoms with van der Waals surface area (Å²) in [7, 11) is 0. The highest BCUT2D eigenvalue weighted by Gasteiger charge is 2.28. The normalized spacial score (nSPS) is 19.8. The molecule has 5 heteroatoms. The van der Waals surface area contributed by atoms with Crippen molar-refractivity contribution >= 4 is 5.91 Å². The number of aromatic nitrogens is 2. The first-order valence-corrected chi connectivity index (χ1v) is 6.65. The number of amides is 1. The lowest BCUT2D eigenvalue weighted by Gasteiger charge is -2.16. The maximum absolute atomic E-state index is 12.5. The van der Waals surface area contributed by atoms with E-state index in [-0.39, 0.29) is 17.9 Å². The molecule has 1 aliphatic rings. The van der Waals surface area contributed by atoms with E-state index in [4.69, 9.17) is 5.73 Å². The Kier molecular flexibility index (Phi) is 3.71. The highest BCUT2D eigenvalue weighted by molar-refractivity contribution is 5.95. The molecule has 1 saturated heterocycles. The summed E-state index contributed by atoms with van der Waals surface area (Å²) in [6, 6.07) is 0.123. The Labute approximate surface area is 108 Å². The lowest BCUT2D eigenvalue weighted by molar-refractivity contribution is 0.0789. The fourth-order valence-corrected chi connectivity index (χ4v) is 2.33. The van der Waals surface area contributed by atoms with E-state index >= 15 is 0 Å². The summed E-state index contributed by atoms with van der Waals surface area (Å²) in [6.45, 7) is 8.36. The van der Waals surface area contributed by atoms with E-state index in [9.17, 15) is 4.79 Å². The Balaban J connectivity index is 2.26. The lowest BCUT2D eigenvalue weighted by atomic mass is 10.1.